The highest BCUT2D eigenvalue weighted by Crippen LogP contribution is 2.20. The summed E-state index contributed by atoms with van der Waals surface area (Å²) in [5.41, 5.74) is 2.32. The molecule has 0 bridgehead atoms. The largest absolute Gasteiger partial charge is 0.382 e. The summed E-state index contributed by atoms with van der Waals surface area (Å²) in [5, 5.41) is 12.0. The minimum Gasteiger partial charge on any atom is -0.382 e. The molecule has 2 N–H and O–H groups in total. The number of nitrogens with one attached hydrogen (secondary N) is 2. The van der Waals surface area contributed by atoms with E-state index >= 15 is 0 Å². The summed E-state index contributed by atoms with van der Waals surface area (Å²) in [4.78, 5) is 2.63. The summed E-state index contributed by atoms with van der Waals surface area (Å²) >= 11 is 0. The van der Waals surface area contributed by atoms with E-state index in [-0.39, 0.29) is 0 Å². The van der Waals surface area contributed by atoms with Crippen molar-refractivity contribution in [1.82, 2.24) is 15.1 Å². The maximum Gasteiger partial charge on any atom is 0.0651 e. The molecule has 2 heterocycles. The molecule has 3 rings (SSSR count). The second-order valence-electron chi connectivity index (χ2n) is 6.49. The van der Waals surface area contributed by atoms with Crippen LogP contribution in [0.5, 0.6) is 0 Å². The minimum atomic E-state index is 0.608. The Morgan fingerprint density at radius 1 is 1.23 bits per heavy atom. The van der Waals surface area contributed by atoms with Gasteiger partial charge in [0.1, 0.15) is 0 Å². The first-order valence-electron chi connectivity index (χ1n) is 8.77. The van der Waals surface area contributed by atoms with Crippen molar-refractivity contribution in [1.29, 1.82) is 0 Å². The van der Waals surface area contributed by atoms with Crippen LogP contribution in [0.15, 0.2) is 24.4 Å². The molecule has 0 atom stereocenters. The van der Waals surface area contributed by atoms with Crippen LogP contribution in [0, 0.1) is 0 Å². The lowest BCUT2D eigenvalue weighted by Crippen LogP contribution is -2.39. The zero-order chi connectivity index (χ0) is 15.2. The summed E-state index contributed by atoms with van der Waals surface area (Å²) in [5.74, 6) is 0. The van der Waals surface area contributed by atoms with Crippen molar-refractivity contribution < 1.29 is 0 Å². The number of piperidine rings is 1. The van der Waals surface area contributed by atoms with E-state index in [4.69, 9.17) is 0 Å². The van der Waals surface area contributed by atoms with Gasteiger partial charge in [0.15, 0.2) is 0 Å². The van der Waals surface area contributed by atoms with Crippen LogP contribution >= 0.6 is 0 Å². The van der Waals surface area contributed by atoms with Gasteiger partial charge in [-0.3, -0.25) is 5.10 Å². The molecule has 1 aliphatic rings. The predicted molar refractivity (Wildman–Crippen MR) is 93.3 cm³/mol. The molecule has 1 aromatic carbocycles. The Morgan fingerprint density at radius 2 is 2.09 bits per heavy atom. The third kappa shape index (κ3) is 4.01. The summed E-state index contributed by atoms with van der Waals surface area (Å²) < 4.78 is 0. The van der Waals surface area contributed by atoms with E-state index in [0.29, 0.717) is 6.04 Å². The maximum atomic E-state index is 4.08. The molecule has 22 heavy (non-hydrogen) atoms. The van der Waals surface area contributed by atoms with Crippen molar-refractivity contribution in [3.63, 3.8) is 0 Å². The molecule has 0 saturated carbocycles. The van der Waals surface area contributed by atoms with Gasteiger partial charge in [-0.25, -0.2) is 0 Å². The van der Waals surface area contributed by atoms with Gasteiger partial charge in [0, 0.05) is 30.2 Å². The lowest BCUT2D eigenvalue weighted by Gasteiger charge is -2.32. The van der Waals surface area contributed by atoms with Crippen molar-refractivity contribution in [2.24, 2.45) is 0 Å². The number of anilines is 1. The summed E-state index contributed by atoms with van der Waals surface area (Å²) in [6.45, 7) is 6.03. The molecule has 1 aromatic heterocycles. The van der Waals surface area contributed by atoms with Crippen molar-refractivity contribution >= 4 is 16.6 Å². The minimum absolute atomic E-state index is 0.608. The van der Waals surface area contributed by atoms with Crippen LogP contribution < -0.4 is 5.32 Å². The van der Waals surface area contributed by atoms with E-state index in [9.17, 15) is 0 Å². The molecule has 1 fully saturated rings. The Labute approximate surface area is 133 Å². The molecule has 120 valence electrons. The molecule has 0 amide bonds. The standard InChI is InChI=1S/C18H28N4/c1-2-3-4-5-10-22-11-8-16(9-12-22)20-17-6-7-18-15(13-17)14-19-21-18/h6-7,13-14,16,20H,2-5,8-12H2,1H3,(H,19,21). The second kappa shape index (κ2) is 7.63. The molecule has 0 aliphatic carbocycles. The average Bonchev–Trinajstić information content (AvgIpc) is 3.01. The fourth-order valence-electron chi connectivity index (χ4n) is 3.33. The van der Waals surface area contributed by atoms with Crippen molar-refractivity contribution in [2.45, 2.75) is 51.5 Å². The van der Waals surface area contributed by atoms with Gasteiger partial charge in [0.25, 0.3) is 0 Å². The van der Waals surface area contributed by atoms with Crippen molar-refractivity contribution in [2.75, 3.05) is 25.0 Å². The number of aromatic nitrogens is 2. The number of benzene rings is 1. The number of H-pyrrole nitrogens is 1. The first kappa shape index (κ1) is 15.3. The number of unbranched alkanes of at least 4 members (excludes halogenated alkanes) is 3. The van der Waals surface area contributed by atoms with Crippen molar-refractivity contribution in [3.8, 4) is 0 Å². The van der Waals surface area contributed by atoms with Crippen LogP contribution in [-0.2, 0) is 0 Å². The number of fused-ring (bicyclic) bond motifs is 1. The highest BCUT2D eigenvalue weighted by atomic mass is 15.1. The van der Waals surface area contributed by atoms with Gasteiger partial charge >= 0.3 is 0 Å². The SMILES string of the molecule is CCCCCCN1CCC(Nc2ccc3[nH]ncc3c2)CC1. The zero-order valence-electron chi connectivity index (χ0n) is 13.6. The molecule has 1 aliphatic heterocycles. The lowest BCUT2D eigenvalue weighted by atomic mass is 10.0. The molecule has 4 heteroatoms. The first-order chi connectivity index (χ1) is 10.8. The Morgan fingerprint density at radius 3 is 2.91 bits per heavy atom. The highest BCUT2D eigenvalue weighted by Gasteiger charge is 2.18. The predicted octanol–water partition coefficient (Wildman–Crippen LogP) is 4.02. The van der Waals surface area contributed by atoms with E-state index in [1.807, 2.05) is 6.20 Å². The van der Waals surface area contributed by atoms with E-state index in [0.717, 1.165) is 5.52 Å². The van der Waals surface area contributed by atoms with Gasteiger partial charge < -0.3 is 10.2 Å². The Kier molecular flexibility index (Phi) is 5.33. The van der Waals surface area contributed by atoms with Gasteiger partial charge in [-0.15, -0.1) is 0 Å². The lowest BCUT2D eigenvalue weighted by molar-refractivity contribution is 0.215. The molecule has 0 spiro atoms. The normalized spacial score (nSPS) is 17.1. The Hall–Kier alpha value is -1.55. The molecular weight excluding hydrogens is 272 g/mol. The van der Waals surface area contributed by atoms with Crippen LogP contribution in [-0.4, -0.2) is 40.8 Å². The molecule has 1 saturated heterocycles. The van der Waals surface area contributed by atoms with E-state index in [1.54, 1.807) is 0 Å². The number of aromatic amines is 1. The molecule has 0 unspecified atom stereocenters. The van der Waals surface area contributed by atoms with Crippen molar-refractivity contribution in [3.05, 3.63) is 24.4 Å². The number of hydrogen-bond acceptors (Lipinski definition) is 3. The van der Waals surface area contributed by atoms with Gasteiger partial charge in [-0.2, -0.15) is 5.10 Å². The van der Waals surface area contributed by atoms with E-state index < -0.39 is 0 Å². The smallest absolute Gasteiger partial charge is 0.0651 e. The summed E-state index contributed by atoms with van der Waals surface area (Å²) in [7, 11) is 0. The number of likely N-dealkylation sites (tertiary alicyclic amines) is 1. The van der Waals surface area contributed by atoms with Gasteiger partial charge in [-0.05, 0) is 44.0 Å². The second-order valence-corrected chi connectivity index (χ2v) is 6.49. The van der Waals surface area contributed by atoms with Gasteiger partial charge in [-0.1, -0.05) is 26.2 Å². The monoisotopic (exact) mass is 300 g/mol. The van der Waals surface area contributed by atoms with Crippen LogP contribution in [0.1, 0.15) is 45.4 Å². The van der Waals surface area contributed by atoms with Crippen LogP contribution in [0.25, 0.3) is 10.9 Å². The van der Waals surface area contributed by atoms with Crippen LogP contribution in [0.2, 0.25) is 0 Å². The summed E-state index contributed by atoms with van der Waals surface area (Å²) in [6.07, 6.45) is 9.85. The fourth-order valence-corrected chi connectivity index (χ4v) is 3.33. The Balaban J connectivity index is 1.43. The third-order valence-electron chi connectivity index (χ3n) is 4.73. The Bertz CT molecular complexity index is 569. The topological polar surface area (TPSA) is 44.0 Å². The highest BCUT2D eigenvalue weighted by molar-refractivity contribution is 5.81. The summed E-state index contributed by atoms with van der Waals surface area (Å²) in [6, 6.07) is 7.05. The van der Waals surface area contributed by atoms with Gasteiger partial charge in [0.2, 0.25) is 0 Å². The quantitative estimate of drug-likeness (QED) is 0.759. The first-order valence-corrected chi connectivity index (χ1v) is 8.77. The molecular formula is C18H28N4. The van der Waals surface area contributed by atoms with E-state index in [1.165, 1.54) is 69.2 Å². The van der Waals surface area contributed by atoms with E-state index in [2.05, 4.69) is 45.5 Å². The van der Waals surface area contributed by atoms with Crippen LogP contribution in [0.4, 0.5) is 5.69 Å². The number of hydrogen-bond donors (Lipinski definition) is 2. The third-order valence-corrected chi connectivity index (χ3v) is 4.73. The number of rotatable bonds is 7. The maximum absolute atomic E-state index is 4.08. The molecule has 4 nitrogen and oxygen atoms in total. The van der Waals surface area contributed by atoms with Crippen LogP contribution in [0.3, 0.4) is 0 Å². The average molecular weight is 300 g/mol. The van der Waals surface area contributed by atoms with Gasteiger partial charge in [0.05, 0.1) is 11.7 Å². The number of nitrogens with zero attached hydrogens (tertiary/aromatic N) is 2. The zero-order valence-corrected chi connectivity index (χ0v) is 13.6. The molecule has 2 aromatic rings. The molecule has 0 radical (unpaired) electrons. The fraction of sp³-hybridized carbons (Fsp3) is 0.611.